The molecule has 1 nitrogen and oxygen atoms in total. The van der Waals surface area contributed by atoms with Crippen LogP contribution in [0.15, 0.2) is 0 Å². The average molecular weight is 198 g/mol. The minimum absolute atomic E-state index is 0.270. The van der Waals surface area contributed by atoms with Gasteiger partial charge in [-0.15, -0.1) is 0 Å². The highest BCUT2D eigenvalue weighted by atomic mass is 16.3. The zero-order chi connectivity index (χ0) is 10.4. The Balaban J connectivity index is 2.57. The lowest BCUT2D eigenvalue weighted by Crippen LogP contribution is -2.32. The Morgan fingerprint density at radius 2 is 1.86 bits per heavy atom. The minimum Gasteiger partial charge on any atom is -0.396 e. The molecular formula is C13H26O. The summed E-state index contributed by atoms with van der Waals surface area (Å²) in [5, 5.41) is 9.66. The van der Waals surface area contributed by atoms with E-state index in [9.17, 15) is 5.11 Å². The highest BCUT2D eigenvalue weighted by Gasteiger charge is 2.37. The molecule has 1 atom stereocenters. The van der Waals surface area contributed by atoms with Crippen molar-refractivity contribution in [2.45, 2.75) is 65.2 Å². The molecule has 0 aliphatic heterocycles. The second kappa shape index (κ2) is 5.75. The second-order valence-corrected chi connectivity index (χ2v) is 4.96. The first-order chi connectivity index (χ1) is 6.79. The maximum absolute atomic E-state index is 9.66. The number of unbranched alkanes of at least 4 members (excludes halogenated alkanes) is 1. The van der Waals surface area contributed by atoms with Crippen LogP contribution in [0.25, 0.3) is 0 Å². The fraction of sp³-hybridized carbons (Fsp3) is 1.00. The van der Waals surface area contributed by atoms with Crippen molar-refractivity contribution in [3.8, 4) is 0 Å². The minimum atomic E-state index is 0.270. The summed E-state index contributed by atoms with van der Waals surface area (Å²) in [4.78, 5) is 0. The molecule has 0 heterocycles. The molecule has 1 heteroatoms. The molecule has 0 spiro atoms. The van der Waals surface area contributed by atoms with Gasteiger partial charge in [0.1, 0.15) is 0 Å². The summed E-state index contributed by atoms with van der Waals surface area (Å²) < 4.78 is 0. The van der Waals surface area contributed by atoms with E-state index < -0.39 is 0 Å². The van der Waals surface area contributed by atoms with Gasteiger partial charge in [0.2, 0.25) is 0 Å². The summed E-state index contributed by atoms with van der Waals surface area (Å²) >= 11 is 0. The van der Waals surface area contributed by atoms with Crippen molar-refractivity contribution in [2.75, 3.05) is 6.61 Å². The summed E-state index contributed by atoms with van der Waals surface area (Å²) in [6.45, 7) is 4.91. The topological polar surface area (TPSA) is 20.2 Å². The van der Waals surface area contributed by atoms with Crippen molar-refractivity contribution in [1.82, 2.24) is 0 Å². The standard InChI is InChI=1S/C13H26O/c1-3-5-10-13(4-2,11-14)12-8-6-7-9-12/h12,14H,3-11H2,1-2H3. The molecule has 0 amide bonds. The van der Waals surface area contributed by atoms with Crippen LogP contribution in [0.3, 0.4) is 0 Å². The lowest BCUT2D eigenvalue weighted by atomic mass is 9.70. The Kier molecular flexibility index (Phi) is 4.94. The first-order valence-electron chi connectivity index (χ1n) is 6.40. The zero-order valence-corrected chi connectivity index (χ0v) is 9.89. The first kappa shape index (κ1) is 12.0. The molecule has 1 fully saturated rings. The van der Waals surface area contributed by atoms with E-state index in [0.29, 0.717) is 6.61 Å². The number of aliphatic hydroxyl groups is 1. The quantitative estimate of drug-likeness (QED) is 0.689. The third-order valence-electron chi connectivity index (χ3n) is 4.27. The van der Waals surface area contributed by atoms with Crippen LogP contribution in [-0.4, -0.2) is 11.7 Å². The summed E-state index contributed by atoms with van der Waals surface area (Å²) in [7, 11) is 0. The van der Waals surface area contributed by atoms with E-state index >= 15 is 0 Å². The lowest BCUT2D eigenvalue weighted by molar-refractivity contribution is 0.0470. The van der Waals surface area contributed by atoms with Crippen molar-refractivity contribution in [3.63, 3.8) is 0 Å². The van der Waals surface area contributed by atoms with E-state index in [0.717, 1.165) is 12.3 Å². The summed E-state index contributed by atoms with van der Waals surface area (Å²) in [6, 6.07) is 0. The summed E-state index contributed by atoms with van der Waals surface area (Å²) in [6.07, 6.45) is 10.4. The van der Waals surface area contributed by atoms with E-state index in [4.69, 9.17) is 0 Å². The molecule has 0 radical (unpaired) electrons. The molecule has 1 N–H and O–H groups in total. The largest absolute Gasteiger partial charge is 0.396 e. The zero-order valence-electron chi connectivity index (χ0n) is 9.89. The van der Waals surface area contributed by atoms with Gasteiger partial charge in [-0.25, -0.2) is 0 Å². The van der Waals surface area contributed by atoms with Gasteiger partial charge in [-0.2, -0.15) is 0 Å². The molecular weight excluding hydrogens is 172 g/mol. The van der Waals surface area contributed by atoms with Crippen molar-refractivity contribution >= 4 is 0 Å². The predicted molar refractivity (Wildman–Crippen MR) is 61.3 cm³/mol. The molecule has 0 aromatic carbocycles. The van der Waals surface area contributed by atoms with Gasteiger partial charge in [0.05, 0.1) is 0 Å². The third-order valence-corrected chi connectivity index (χ3v) is 4.27. The Labute approximate surface area is 88.9 Å². The monoisotopic (exact) mass is 198 g/mol. The van der Waals surface area contributed by atoms with Gasteiger partial charge in [0.15, 0.2) is 0 Å². The van der Waals surface area contributed by atoms with Gasteiger partial charge in [0.25, 0.3) is 0 Å². The summed E-state index contributed by atoms with van der Waals surface area (Å²) in [5.41, 5.74) is 0.270. The Bertz CT molecular complexity index is 143. The fourth-order valence-corrected chi connectivity index (χ4v) is 3.06. The van der Waals surface area contributed by atoms with Crippen LogP contribution < -0.4 is 0 Å². The van der Waals surface area contributed by atoms with Gasteiger partial charge in [-0.3, -0.25) is 0 Å². The van der Waals surface area contributed by atoms with Gasteiger partial charge >= 0.3 is 0 Å². The van der Waals surface area contributed by atoms with Gasteiger partial charge in [0, 0.05) is 6.61 Å². The molecule has 0 saturated heterocycles. The van der Waals surface area contributed by atoms with E-state index in [1.54, 1.807) is 0 Å². The average Bonchev–Trinajstić information content (AvgIpc) is 2.74. The molecule has 14 heavy (non-hydrogen) atoms. The van der Waals surface area contributed by atoms with E-state index in [1.165, 1.54) is 44.9 Å². The van der Waals surface area contributed by atoms with Crippen LogP contribution in [0.2, 0.25) is 0 Å². The summed E-state index contributed by atoms with van der Waals surface area (Å²) in [5.74, 6) is 0.809. The van der Waals surface area contributed by atoms with E-state index in [-0.39, 0.29) is 5.41 Å². The Morgan fingerprint density at radius 3 is 2.29 bits per heavy atom. The highest BCUT2D eigenvalue weighted by Crippen LogP contribution is 2.45. The first-order valence-corrected chi connectivity index (χ1v) is 6.40. The van der Waals surface area contributed by atoms with Gasteiger partial charge in [-0.1, -0.05) is 39.5 Å². The Morgan fingerprint density at radius 1 is 1.21 bits per heavy atom. The van der Waals surface area contributed by atoms with Crippen molar-refractivity contribution in [1.29, 1.82) is 0 Å². The number of hydrogen-bond acceptors (Lipinski definition) is 1. The van der Waals surface area contributed by atoms with Crippen LogP contribution in [0.4, 0.5) is 0 Å². The van der Waals surface area contributed by atoms with Crippen molar-refractivity contribution < 1.29 is 5.11 Å². The molecule has 1 aliphatic rings. The molecule has 1 rings (SSSR count). The van der Waals surface area contributed by atoms with E-state index in [2.05, 4.69) is 13.8 Å². The van der Waals surface area contributed by atoms with Crippen LogP contribution in [0.5, 0.6) is 0 Å². The van der Waals surface area contributed by atoms with E-state index in [1.807, 2.05) is 0 Å². The molecule has 84 valence electrons. The molecule has 1 unspecified atom stereocenters. The smallest absolute Gasteiger partial charge is 0.0489 e. The number of hydrogen-bond donors (Lipinski definition) is 1. The predicted octanol–water partition coefficient (Wildman–Crippen LogP) is 3.76. The van der Waals surface area contributed by atoms with Gasteiger partial charge in [-0.05, 0) is 37.0 Å². The maximum Gasteiger partial charge on any atom is 0.0489 e. The highest BCUT2D eigenvalue weighted by molar-refractivity contribution is 4.87. The van der Waals surface area contributed by atoms with Crippen LogP contribution in [0.1, 0.15) is 65.2 Å². The van der Waals surface area contributed by atoms with Crippen molar-refractivity contribution in [2.24, 2.45) is 11.3 Å². The SMILES string of the molecule is CCCCC(CC)(CO)C1CCCC1. The Hall–Kier alpha value is -0.0400. The molecule has 1 aliphatic carbocycles. The lowest BCUT2D eigenvalue weighted by Gasteiger charge is -2.37. The van der Waals surface area contributed by atoms with Gasteiger partial charge < -0.3 is 5.11 Å². The van der Waals surface area contributed by atoms with Crippen LogP contribution in [-0.2, 0) is 0 Å². The van der Waals surface area contributed by atoms with Crippen LogP contribution in [0, 0.1) is 11.3 Å². The fourth-order valence-electron chi connectivity index (χ4n) is 3.06. The molecule has 0 aromatic heterocycles. The third kappa shape index (κ3) is 2.50. The number of rotatable bonds is 6. The molecule has 0 bridgehead atoms. The molecule has 0 aromatic rings. The normalized spacial score (nSPS) is 22.5. The van der Waals surface area contributed by atoms with Crippen LogP contribution >= 0.6 is 0 Å². The molecule has 1 saturated carbocycles. The van der Waals surface area contributed by atoms with Crippen molar-refractivity contribution in [3.05, 3.63) is 0 Å². The second-order valence-electron chi connectivity index (χ2n) is 4.96. The number of aliphatic hydroxyl groups excluding tert-OH is 1. The maximum atomic E-state index is 9.66.